The van der Waals surface area contributed by atoms with Crippen molar-refractivity contribution in [2.45, 2.75) is 0 Å². The van der Waals surface area contributed by atoms with Crippen molar-refractivity contribution < 1.29 is 42.5 Å². The van der Waals surface area contributed by atoms with E-state index in [0.29, 0.717) is 0 Å². The van der Waals surface area contributed by atoms with Crippen molar-refractivity contribution in [1.29, 1.82) is 5.26 Å². The summed E-state index contributed by atoms with van der Waals surface area (Å²) in [5.41, 5.74) is 0. The molecule has 0 radical (unpaired) electrons. The number of nitrogens with zero attached hydrogens (tertiary/aromatic N) is 1. The Bertz CT molecular complexity index is 184. The third-order valence-electron chi connectivity index (χ3n) is 0.328. The van der Waals surface area contributed by atoms with E-state index in [4.69, 9.17) is 16.4 Å². The average Bonchev–Trinajstić information content (AvgIpc) is 1.69. The summed E-state index contributed by atoms with van der Waals surface area (Å²) in [5.74, 6) is -0.368. The Labute approximate surface area is 82.6 Å². The van der Waals surface area contributed by atoms with Crippen molar-refractivity contribution in [3.8, 4) is 0 Å². The Morgan fingerprint density at radius 2 is 1.90 bits per heavy atom. The van der Waals surface area contributed by atoms with E-state index in [2.05, 4.69) is 6.58 Å². The predicted molar refractivity (Wildman–Crippen MR) is 31.6 cm³/mol. The number of hydrogen-bond acceptors (Lipinski definition) is 3. The fourth-order valence-electron chi connectivity index (χ4n) is 0.149. The molecule has 0 unspecified atom stereocenters. The molecule has 0 aliphatic heterocycles. The summed E-state index contributed by atoms with van der Waals surface area (Å²) < 4.78 is 27.3. The molecular formula is C4H6NNaO3S. The minimum absolute atomic E-state index is 0. The van der Waals surface area contributed by atoms with Gasteiger partial charge in [0.15, 0.2) is 0 Å². The van der Waals surface area contributed by atoms with Gasteiger partial charge < -0.3 is 11.8 Å². The molecule has 0 heterocycles. The smallest absolute Gasteiger partial charge is 0.512 e. The zero-order valence-corrected chi connectivity index (χ0v) is 8.43. The van der Waals surface area contributed by atoms with E-state index in [1.807, 2.05) is 0 Å². The molecule has 4 nitrogen and oxygen atoms in total. The maximum Gasteiger partial charge on any atom is 1.00 e. The van der Waals surface area contributed by atoms with Crippen molar-refractivity contribution in [2.24, 2.45) is 0 Å². The summed E-state index contributed by atoms with van der Waals surface area (Å²) in [6.07, 6.45) is 1.12. The first-order valence-corrected chi connectivity index (χ1v) is 3.45. The van der Waals surface area contributed by atoms with Gasteiger partial charge in [-0.05, 0) is 0 Å². The van der Waals surface area contributed by atoms with Crippen LogP contribution in [0.15, 0.2) is 12.7 Å². The van der Waals surface area contributed by atoms with Crippen LogP contribution in [0.25, 0.3) is 0 Å². The topological polar surface area (TPSA) is 78.2 Å². The van der Waals surface area contributed by atoms with Crippen LogP contribution in [0, 0.1) is 11.8 Å². The van der Waals surface area contributed by atoms with Gasteiger partial charge in [-0.3, -0.25) is 4.55 Å². The van der Waals surface area contributed by atoms with E-state index in [9.17, 15) is 8.42 Å². The molecule has 6 heteroatoms. The van der Waals surface area contributed by atoms with Crippen LogP contribution in [-0.2, 0) is 10.1 Å². The van der Waals surface area contributed by atoms with Gasteiger partial charge in [-0.1, -0.05) is 6.08 Å². The SMILES string of the molecule is C=CCS(=O)(=O)O.[C-]#N.[Na+]. The summed E-state index contributed by atoms with van der Waals surface area (Å²) in [6.45, 7) is 7.86. The molecule has 0 fully saturated rings. The number of rotatable bonds is 2. The minimum Gasteiger partial charge on any atom is -0.512 e. The standard InChI is InChI=1S/C3H6O3S.CN.Na/c1-2-3-7(4,5)6;1-2;/h2H,1,3H2,(H,4,5,6);;/q;-1;+1. The molecule has 0 aromatic carbocycles. The Hall–Kier alpha value is 0.140. The first kappa shape index (κ1) is 16.6. The average molecular weight is 171 g/mol. The second-order valence-electron chi connectivity index (χ2n) is 1.04. The fourth-order valence-corrected chi connectivity index (χ4v) is 0.447. The molecule has 0 amide bonds. The van der Waals surface area contributed by atoms with Crippen molar-refractivity contribution in [2.75, 3.05) is 5.75 Å². The normalized spacial score (nSPS) is 7.90. The molecule has 0 saturated carbocycles. The van der Waals surface area contributed by atoms with Crippen LogP contribution < -0.4 is 29.6 Å². The van der Waals surface area contributed by atoms with E-state index in [1.54, 1.807) is 0 Å². The van der Waals surface area contributed by atoms with E-state index >= 15 is 0 Å². The molecule has 0 aliphatic carbocycles. The Morgan fingerprint density at radius 1 is 1.60 bits per heavy atom. The van der Waals surface area contributed by atoms with Crippen LogP contribution in [0.3, 0.4) is 0 Å². The summed E-state index contributed by atoms with van der Waals surface area (Å²) in [7, 11) is -3.79. The molecule has 0 aromatic rings. The molecule has 10 heavy (non-hydrogen) atoms. The molecule has 0 bridgehead atoms. The molecular weight excluding hydrogens is 165 g/mol. The summed E-state index contributed by atoms with van der Waals surface area (Å²) >= 11 is 0. The van der Waals surface area contributed by atoms with Gasteiger partial charge in [0.05, 0.1) is 5.75 Å². The van der Waals surface area contributed by atoms with E-state index in [1.165, 1.54) is 0 Å². The van der Waals surface area contributed by atoms with Crippen LogP contribution in [0.1, 0.15) is 0 Å². The number of hydrogen-bond donors (Lipinski definition) is 1. The van der Waals surface area contributed by atoms with Gasteiger partial charge in [0.2, 0.25) is 0 Å². The van der Waals surface area contributed by atoms with Crippen LogP contribution in [-0.4, -0.2) is 18.7 Å². The van der Waals surface area contributed by atoms with Crippen LogP contribution in [0.5, 0.6) is 0 Å². The van der Waals surface area contributed by atoms with Gasteiger partial charge in [0, 0.05) is 0 Å². The molecule has 0 spiro atoms. The summed E-state index contributed by atoms with van der Waals surface area (Å²) in [6, 6.07) is 0. The van der Waals surface area contributed by atoms with E-state index in [-0.39, 0.29) is 35.3 Å². The molecule has 52 valence electrons. The van der Waals surface area contributed by atoms with Gasteiger partial charge >= 0.3 is 29.6 Å². The monoisotopic (exact) mass is 171 g/mol. The Morgan fingerprint density at radius 3 is 1.90 bits per heavy atom. The quantitative estimate of drug-likeness (QED) is 0.210. The van der Waals surface area contributed by atoms with Crippen molar-refractivity contribution in [3.05, 3.63) is 19.2 Å². The summed E-state index contributed by atoms with van der Waals surface area (Å²) in [4.78, 5) is 0. The minimum atomic E-state index is -3.79. The summed E-state index contributed by atoms with van der Waals surface area (Å²) in [5, 5.41) is 6.25. The molecule has 0 aliphatic rings. The Balaban J connectivity index is -0.000000149. The predicted octanol–water partition coefficient (Wildman–Crippen LogP) is -2.84. The van der Waals surface area contributed by atoms with Crippen molar-refractivity contribution >= 4 is 10.1 Å². The van der Waals surface area contributed by atoms with E-state index in [0.717, 1.165) is 6.08 Å². The van der Waals surface area contributed by atoms with Gasteiger partial charge in [0.25, 0.3) is 10.1 Å². The zero-order valence-electron chi connectivity index (χ0n) is 5.61. The third-order valence-corrected chi connectivity index (χ3v) is 0.985. The molecule has 0 aromatic heterocycles. The fraction of sp³-hybridized carbons (Fsp3) is 0.250. The van der Waals surface area contributed by atoms with E-state index < -0.39 is 10.1 Å². The second kappa shape index (κ2) is 9.14. The third kappa shape index (κ3) is 24.2. The maximum absolute atomic E-state index is 9.72. The van der Waals surface area contributed by atoms with Crippen LogP contribution >= 0.6 is 0 Å². The van der Waals surface area contributed by atoms with Gasteiger partial charge in [-0.2, -0.15) is 8.42 Å². The second-order valence-corrected chi connectivity index (χ2v) is 2.53. The van der Waals surface area contributed by atoms with Gasteiger partial charge in [-0.25, -0.2) is 0 Å². The van der Waals surface area contributed by atoms with Gasteiger partial charge in [0.1, 0.15) is 0 Å². The maximum atomic E-state index is 9.72. The molecule has 0 atom stereocenters. The first-order valence-electron chi connectivity index (χ1n) is 1.84. The van der Waals surface area contributed by atoms with Crippen LogP contribution in [0.2, 0.25) is 0 Å². The van der Waals surface area contributed by atoms with Crippen molar-refractivity contribution in [3.63, 3.8) is 0 Å². The Kier molecular flexibility index (Phi) is 15.2. The molecule has 0 rings (SSSR count). The van der Waals surface area contributed by atoms with Gasteiger partial charge in [-0.15, -0.1) is 6.58 Å². The van der Waals surface area contributed by atoms with Crippen molar-refractivity contribution in [1.82, 2.24) is 0 Å². The molecule has 0 saturated heterocycles. The van der Waals surface area contributed by atoms with Crippen LogP contribution in [0.4, 0.5) is 0 Å². The largest absolute Gasteiger partial charge is 1.00 e. The first-order chi connectivity index (χ1) is 4.06. The zero-order chi connectivity index (χ0) is 7.91. The molecule has 1 N–H and O–H groups in total.